The van der Waals surface area contributed by atoms with Crippen molar-refractivity contribution in [3.8, 4) is 16.9 Å². The van der Waals surface area contributed by atoms with E-state index in [-0.39, 0.29) is 19.5 Å². The first-order valence-corrected chi connectivity index (χ1v) is 12.4. The molecule has 4 aromatic rings. The van der Waals surface area contributed by atoms with Gasteiger partial charge in [0.1, 0.15) is 12.4 Å². The monoisotopic (exact) mass is 518 g/mol. The fourth-order valence-corrected chi connectivity index (χ4v) is 5.13. The van der Waals surface area contributed by atoms with E-state index in [0.717, 1.165) is 22.4 Å². The van der Waals surface area contributed by atoms with Crippen molar-refractivity contribution < 1.29 is 13.6 Å². The van der Waals surface area contributed by atoms with Gasteiger partial charge in [-0.15, -0.1) is 0 Å². The fraction of sp³-hybridized carbons (Fsp3) is 0.286. The second-order valence-corrected chi connectivity index (χ2v) is 9.34. The highest BCUT2D eigenvalue weighted by Gasteiger charge is 2.35. The zero-order valence-corrected chi connectivity index (χ0v) is 21.2. The first-order valence-electron chi connectivity index (χ1n) is 12.4. The van der Waals surface area contributed by atoms with Gasteiger partial charge in [-0.25, -0.2) is 23.1 Å². The van der Waals surface area contributed by atoms with Gasteiger partial charge < -0.3 is 4.90 Å². The molecule has 1 aromatic carbocycles. The van der Waals surface area contributed by atoms with Crippen molar-refractivity contribution in [2.24, 2.45) is 7.05 Å². The van der Waals surface area contributed by atoms with Crippen molar-refractivity contribution in [2.45, 2.75) is 38.8 Å². The maximum absolute atomic E-state index is 13.7. The zero-order chi connectivity index (χ0) is 27.0. The number of fused-ring (bicyclic) bond motifs is 1. The summed E-state index contributed by atoms with van der Waals surface area (Å²) in [5.41, 5.74) is 4.12. The molecule has 1 amide bonds. The number of allylic oxidation sites excluding steroid dienone is 2. The average Bonchev–Trinajstić information content (AvgIpc) is 3.61. The molecule has 196 valence electrons. The number of aryl methyl sites for hydroxylation is 2. The van der Waals surface area contributed by atoms with E-state index >= 15 is 0 Å². The molecule has 1 saturated heterocycles. The van der Waals surface area contributed by atoms with Crippen LogP contribution in [-0.2, 0) is 18.4 Å². The van der Waals surface area contributed by atoms with Gasteiger partial charge in [0.2, 0.25) is 5.91 Å². The summed E-state index contributed by atoms with van der Waals surface area (Å²) in [5, 5.41) is 4.33. The Morgan fingerprint density at radius 3 is 2.76 bits per heavy atom. The predicted molar refractivity (Wildman–Crippen MR) is 142 cm³/mol. The molecule has 1 fully saturated rings. The molecule has 0 N–H and O–H groups in total. The number of hydrogen-bond acceptors (Lipinski definition) is 4. The third-order valence-electron chi connectivity index (χ3n) is 7.02. The molecule has 0 aliphatic carbocycles. The SMILES string of the molecule is C=C/C=C\c1c(-c2ccc(-n3c(=O)n(CC(=O)N4CCCC4C(F)F)c4cccc(C)c43)nc2)cnn1C. The van der Waals surface area contributed by atoms with E-state index in [4.69, 9.17) is 0 Å². The van der Waals surface area contributed by atoms with Crippen LogP contribution in [-0.4, -0.2) is 53.7 Å². The molecule has 3 aromatic heterocycles. The van der Waals surface area contributed by atoms with Crippen molar-refractivity contribution in [2.75, 3.05) is 6.54 Å². The van der Waals surface area contributed by atoms with Gasteiger partial charge in [0, 0.05) is 30.9 Å². The maximum Gasteiger partial charge on any atom is 0.335 e. The van der Waals surface area contributed by atoms with E-state index in [9.17, 15) is 18.4 Å². The van der Waals surface area contributed by atoms with Crippen LogP contribution in [0.5, 0.6) is 0 Å². The minimum absolute atomic E-state index is 0.261. The molecule has 38 heavy (non-hydrogen) atoms. The first kappa shape index (κ1) is 25.3. The van der Waals surface area contributed by atoms with E-state index in [1.807, 2.05) is 38.3 Å². The molecule has 1 unspecified atom stereocenters. The Balaban J connectivity index is 1.55. The molecule has 4 heterocycles. The lowest BCUT2D eigenvalue weighted by molar-refractivity contribution is -0.135. The molecule has 0 saturated carbocycles. The quantitative estimate of drug-likeness (QED) is 0.341. The third-order valence-corrected chi connectivity index (χ3v) is 7.02. The Morgan fingerprint density at radius 1 is 1.24 bits per heavy atom. The van der Waals surface area contributed by atoms with Gasteiger partial charge in [-0.2, -0.15) is 5.10 Å². The van der Waals surface area contributed by atoms with Gasteiger partial charge in [-0.3, -0.25) is 14.0 Å². The number of benzene rings is 1. The number of aromatic nitrogens is 5. The highest BCUT2D eigenvalue weighted by atomic mass is 19.3. The minimum Gasteiger partial charge on any atom is -0.332 e. The Hall–Kier alpha value is -4.34. The van der Waals surface area contributed by atoms with Crippen LogP contribution in [0.25, 0.3) is 34.1 Å². The number of rotatable bonds is 7. The molecule has 1 aliphatic heterocycles. The standard InChI is InChI=1S/C28H28F2N6O2/c1-4-5-9-21-20(16-32-33(21)3)19-12-13-24(31-15-19)36-26-18(2)8-6-10-22(26)35(28(36)38)17-25(37)34-14-7-11-23(34)27(29)30/h4-6,8-10,12-13,15-16,23,27H,1,7,11,14,17H2,2-3H3/b9-5-. The number of halogens is 2. The Kier molecular flexibility index (Phi) is 6.79. The summed E-state index contributed by atoms with van der Waals surface area (Å²) >= 11 is 0. The highest BCUT2D eigenvalue weighted by Crippen LogP contribution is 2.27. The summed E-state index contributed by atoms with van der Waals surface area (Å²) in [7, 11) is 1.85. The Bertz CT molecular complexity index is 1600. The smallest absolute Gasteiger partial charge is 0.332 e. The number of carbonyl (C=O) groups is 1. The van der Waals surface area contributed by atoms with Crippen LogP contribution in [0.4, 0.5) is 8.78 Å². The molecule has 0 bridgehead atoms. The third kappa shape index (κ3) is 4.36. The van der Waals surface area contributed by atoms with Crippen molar-refractivity contribution in [1.82, 2.24) is 28.8 Å². The topological polar surface area (TPSA) is 78.0 Å². The van der Waals surface area contributed by atoms with Crippen LogP contribution < -0.4 is 5.69 Å². The van der Waals surface area contributed by atoms with Gasteiger partial charge >= 0.3 is 5.69 Å². The van der Waals surface area contributed by atoms with Crippen LogP contribution >= 0.6 is 0 Å². The largest absolute Gasteiger partial charge is 0.335 e. The van der Waals surface area contributed by atoms with Crippen LogP contribution in [0.1, 0.15) is 24.1 Å². The molecular weight excluding hydrogens is 490 g/mol. The van der Waals surface area contributed by atoms with Gasteiger partial charge in [-0.1, -0.05) is 30.9 Å². The van der Waals surface area contributed by atoms with Gasteiger partial charge in [0.15, 0.2) is 0 Å². The summed E-state index contributed by atoms with van der Waals surface area (Å²) < 4.78 is 31.5. The molecule has 5 rings (SSSR count). The molecule has 1 atom stereocenters. The fourth-order valence-electron chi connectivity index (χ4n) is 5.13. The van der Waals surface area contributed by atoms with Crippen LogP contribution in [0, 0.1) is 6.92 Å². The summed E-state index contributed by atoms with van der Waals surface area (Å²) in [6, 6.07) is 7.93. The number of hydrogen-bond donors (Lipinski definition) is 0. The Morgan fingerprint density at radius 2 is 2.05 bits per heavy atom. The lowest BCUT2D eigenvalue weighted by Gasteiger charge is -2.24. The van der Waals surface area contributed by atoms with Crippen LogP contribution in [0.3, 0.4) is 0 Å². The molecule has 0 radical (unpaired) electrons. The second kappa shape index (κ2) is 10.2. The number of imidazole rings is 1. The van der Waals surface area contributed by atoms with Crippen molar-refractivity contribution in [3.63, 3.8) is 0 Å². The lowest BCUT2D eigenvalue weighted by atomic mass is 10.1. The van der Waals surface area contributed by atoms with Gasteiger partial charge in [0.25, 0.3) is 6.43 Å². The highest BCUT2D eigenvalue weighted by molar-refractivity contribution is 5.84. The number of nitrogens with zero attached hydrogens (tertiary/aromatic N) is 6. The van der Waals surface area contributed by atoms with Crippen molar-refractivity contribution >= 4 is 23.0 Å². The molecule has 0 spiro atoms. The number of amides is 1. The van der Waals surface area contributed by atoms with Crippen LogP contribution in [0.15, 0.2) is 66.3 Å². The molecule has 8 nitrogen and oxygen atoms in total. The summed E-state index contributed by atoms with van der Waals surface area (Å²) in [5.74, 6) is -0.0987. The molecular formula is C28H28F2N6O2. The van der Waals surface area contributed by atoms with Crippen molar-refractivity contribution in [3.05, 3.63) is 83.2 Å². The molecule has 10 heteroatoms. The normalized spacial score (nSPS) is 15.8. The second-order valence-electron chi connectivity index (χ2n) is 9.34. The van der Waals surface area contributed by atoms with E-state index in [1.54, 1.807) is 41.4 Å². The minimum atomic E-state index is -2.61. The maximum atomic E-state index is 13.7. The predicted octanol–water partition coefficient (Wildman–Crippen LogP) is 4.35. The molecule has 1 aliphatic rings. The van der Waals surface area contributed by atoms with E-state index in [1.165, 1.54) is 14.0 Å². The van der Waals surface area contributed by atoms with Crippen molar-refractivity contribution in [1.29, 1.82) is 0 Å². The number of para-hydroxylation sites is 1. The average molecular weight is 519 g/mol. The lowest BCUT2D eigenvalue weighted by Crippen LogP contribution is -2.42. The van der Waals surface area contributed by atoms with E-state index in [2.05, 4.69) is 16.7 Å². The van der Waals surface area contributed by atoms with Gasteiger partial charge in [-0.05, 0) is 49.6 Å². The summed E-state index contributed by atoms with van der Waals surface area (Å²) in [6.07, 6.45) is 7.01. The number of pyridine rings is 1. The number of likely N-dealkylation sites (tertiary alicyclic amines) is 1. The van der Waals surface area contributed by atoms with E-state index in [0.29, 0.717) is 23.3 Å². The Labute approximate surface area is 218 Å². The summed E-state index contributed by atoms with van der Waals surface area (Å²) in [6.45, 7) is 5.53. The van der Waals surface area contributed by atoms with Crippen LogP contribution in [0.2, 0.25) is 0 Å². The number of carbonyl (C=O) groups excluding carboxylic acids is 1. The van der Waals surface area contributed by atoms with E-state index < -0.39 is 24.1 Å². The van der Waals surface area contributed by atoms with Gasteiger partial charge in [0.05, 0.1) is 29.0 Å². The summed E-state index contributed by atoms with van der Waals surface area (Å²) in [4.78, 5) is 32.5. The number of alkyl halides is 2. The first-order chi connectivity index (χ1) is 18.3. The zero-order valence-electron chi connectivity index (χ0n) is 21.2.